The van der Waals surface area contributed by atoms with Crippen LogP contribution in [0.5, 0.6) is 0 Å². The summed E-state index contributed by atoms with van der Waals surface area (Å²) in [6.45, 7) is 0. The lowest BCUT2D eigenvalue weighted by molar-refractivity contribution is -0.104. The van der Waals surface area contributed by atoms with Gasteiger partial charge in [-0.05, 0) is 23.6 Å². The molecule has 0 atom stereocenters. The lowest BCUT2D eigenvalue weighted by Crippen LogP contribution is -1.68. The molecule has 0 bridgehead atoms. The maximum atomic E-state index is 12.5. The second-order valence-corrected chi connectivity index (χ2v) is 2.58. The quantitative estimate of drug-likeness (QED) is 0.473. The summed E-state index contributed by atoms with van der Waals surface area (Å²) in [4.78, 5) is 10.3. The van der Waals surface area contributed by atoms with Crippen LogP contribution in [-0.2, 0) is 4.79 Å². The van der Waals surface area contributed by atoms with Crippen molar-refractivity contribution in [1.29, 1.82) is 0 Å². The van der Waals surface area contributed by atoms with Gasteiger partial charge in [0.1, 0.15) is 12.1 Å². The number of hydrogen-bond acceptors (Lipinski definition) is 2. The molecule has 52 valence electrons. The molecular weight excluding hydrogens is 151 g/mol. The third-order valence-electron chi connectivity index (χ3n) is 0.971. The van der Waals surface area contributed by atoms with Crippen LogP contribution in [0.3, 0.4) is 0 Å². The number of thiophene rings is 1. The molecule has 1 heterocycles. The predicted molar refractivity (Wildman–Crippen MR) is 39.4 cm³/mol. The summed E-state index contributed by atoms with van der Waals surface area (Å²) in [6, 6.07) is 1.37. The van der Waals surface area contributed by atoms with E-state index in [0.29, 0.717) is 11.2 Å². The molecule has 0 spiro atoms. The van der Waals surface area contributed by atoms with Crippen LogP contribution in [0.4, 0.5) is 4.39 Å². The van der Waals surface area contributed by atoms with Gasteiger partial charge in [0, 0.05) is 0 Å². The molecule has 0 radical (unpaired) electrons. The summed E-state index contributed by atoms with van der Waals surface area (Å²) in [5.74, 6) is -0.275. The monoisotopic (exact) mass is 156 g/mol. The molecule has 1 nitrogen and oxygen atoms in total. The van der Waals surface area contributed by atoms with Crippen LogP contribution in [0.1, 0.15) is 4.88 Å². The molecular formula is C7H5FOS. The normalized spacial score (nSPS) is 10.5. The van der Waals surface area contributed by atoms with Crippen LogP contribution in [0, 0.1) is 5.82 Å². The summed E-state index contributed by atoms with van der Waals surface area (Å²) in [6.07, 6.45) is 3.35. The van der Waals surface area contributed by atoms with Gasteiger partial charge in [0.15, 0.2) is 0 Å². The Morgan fingerprint density at radius 1 is 1.60 bits per heavy atom. The van der Waals surface area contributed by atoms with Crippen molar-refractivity contribution in [2.24, 2.45) is 0 Å². The molecule has 0 aliphatic rings. The molecule has 0 aliphatic carbocycles. The molecule has 1 aromatic rings. The fourth-order valence-corrected chi connectivity index (χ4v) is 1.22. The largest absolute Gasteiger partial charge is 0.299 e. The highest BCUT2D eigenvalue weighted by Crippen LogP contribution is 2.15. The van der Waals surface area contributed by atoms with E-state index in [1.807, 2.05) is 0 Å². The molecule has 0 N–H and O–H groups in total. The van der Waals surface area contributed by atoms with E-state index < -0.39 is 0 Å². The predicted octanol–water partition coefficient (Wildman–Crippen LogP) is 2.10. The molecule has 0 saturated carbocycles. The summed E-state index contributed by atoms with van der Waals surface area (Å²) >= 11 is 1.27. The highest BCUT2D eigenvalue weighted by molar-refractivity contribution is 7.10. The summed E-state index contributed by atoms with van der Waals surface area (Å²) < 4.78 is 12.5. The molecule has 0 amide bonds. The highest BCUT2D eigenvalue weighted by atomic mass is 32.1. The zero-order chi connectivity index (χ0) is 7.40. The van der Waals surface area contributed by atoms with Crippen molar-refractivity contribution in [2.75, 3.05) is 0 Å². The van der Waals surface area contributed by atoms with E-state index in [0.717, 1.165) is 0 Å². The Balaban J connectivity index is 2.83. The van der Waals surface area contributed by atoms with Crippen molar-refractivity contribution in [3.8, 4) is 0 Å². The Bertz CT molecular complexity index is 252. The number of carbonyl (C=O) groups excluding carboxylic acids is 1. The SMILES string of the molecule is O=C/C=C/c1sccc1F. The Morgan fingerprint density at radius 2 is 2.40 bits per heavy atom. The minimum atomic E-state index is -0.275. The number of rotatable bonds is 2. The van der Waals surface area contributed by atoms with E-state index in [9.17, 15) is 9.18 Å². The Morgan fingerprint density at radius 3 is 2.90 bits per heavy atom. The van der Waals surface area contributed by atoms with Crippen LogP contribution in [0.15, 0.2) is 17.5 Å². The third kappa shape index (κ3) is 1.51. The van der Waals surface area contributed by atoms with E-state index in [4.69, 9.17) is 0 Å². The van der Waals surface area contributed by atoms with Crippen LogP contribution >= 0.6 is 11.3 Å². The van der Waals surface area contributed by atoms with E-state index in [1.54, 1.807) is 5.38 Å². The Hall–Kier alpha value is -0.960. The second kappa shape index (κ2) is 3.27. The van der Waals surface area contributed by atoms with Gasteiger partial charge in [-0.3, -0.25) is 4.79 Å². The molecule has 0 saturated heterocycles. The van der Waals surface area contributed by atoms with Crippen LogP contribution in [0.25, 0.3) is 6.08 Å². The molecule has 0 fully saturated rings. The van der Waals surface area contributed by atoms with Gasteiger partial charge >= 0.3 is 0 Å². The van der Waals surface area contributed by atoms with Gasteiger partial charge < -0.3 is 0 Å². The first-order valence-electron chi connectivity index (χ1n) is 2.69. The standard InChI is InChI=1S/C7H5FOS/c8-6-3-5-10-7(6)2-1-4-9/h1-5H/b2-1+. The fraction of sp³-hybridized carbons (Fsp3) is 0. The molecule has 1 rings (SSSR count). The maximum absolute atomic E-state index is 12.5. The molecule has 3 heteroatoms. The third-order valence-corrected chi connectivity index (χ3v) is 1.83. The highest BCUT2D eigenvalue weighted by Gasteiger charge is 1.96. The zero-order valence-corrected chi connectivity index (χ0v) is 5.90. The average Bonchev–Trinajstić information content (AvgIpc) is 2.31. The average molecular weight is 156 g/mol. The van der Waals surface area contributed by atoms with Crippen molar-refractivity contribution in [1.82, 2.24) is 0 Å². The topological polar surface area (TPSA) is 17.1 Å². The van der Waals surface area contributed by atoms with E-state index in [2.05, 4.69) is 0 Å². The summed E-state index contributed by atoms with van der Waals surface area (Å²) in [5, 5.41) is 1.64. The van der Waals surface area contributed by atoms with E-state index in [1.165, 1.54) is 29.6 Å². The van der Waals surface area contributed by atoms with Crippen LogP contribution in [0.2, 0.25) is 0 Å². The molecule has 10 heavy (non-hydrogen) atoms. The number of halogens is 1. The van der Waals surface area contributed by atoms with Gasteiger partial charge in [-0.15, -0.1) is 11.3 Å². The van der Waals surface area contributed by atoms with Crippen LogP contribution < -0.4 is 0 Å². The Kier molecular flexibility index (Phi) is 2.34. The van der Waals surface area contributed by atoms with Crippen LogP contribution in [-0.4, -0.2) is 6.29 Å². The number of allylic oxidation sites excluding steroid dienone is 1. The van der Waals surface area contributed by atoms with E-state index in [-0.39, 0.29) is 5.82 Å². The number of hydrogen-bond donors (Lipinski definition) is 0. The first-order chi connectivity index (χ1) is 4.84. The van der Waals surface area contributed by atoms with Crippen molar-refractivity contribution in [3.63, 3.8) is 0 Å². The zero-order valence-electron chi connectivity index (χ0n) is 5.08. The molecule has 1 aromatic heterocycles. The van der Waals surface area contributed by atoms with Gasteiger partial charge in [0.25, 0.3) is 0 Å². The molecule has 0 unspecified atom stereocenters. The lowest BCUT2D eigenvalue weighted by atomic mass is 10.4. The minimum absolute atomic E-state index is 0.275. The Labute approximate surface area is 61.8 Å². The van der Waals surface area contributed by atoms with Gasteiger partial charge in [0.05, 0.1) is 4.88 Å². The van der Waals surface area contributed by atoms with Gasteiger partial charge in [-0.1, -0.05) is 0 Å². The molecule has 0 aromatic carbocycles. The minimum Gasteiger partial charge on any atom is -0.299 e. The van der Waals surface area contributed by atoms with Gasteiger partial charge in [-0.25, -0.2) is 4.39 Å². The number of carbonyl (C=O) groups is 1. The van der Waals surface area contributed by atoms with Gasteiger partial charge in [0.2, 0.25) is 0 Å². The van der Waals surface area contributed by atoms with E-state index >= 15 is 0 Å². The first kappa shape index (κ1) is 7.15. The second-order valence-electron chi connectivity index (χ2n) is 1.63. The van der Waals surface area contributed by atoms with Crippen molar-refractivity contribution in [3.05, 3.63) is 28.2 Å². The summed E-state index contributed by atoms with van der Waals surface area (Å²) in [5.41, 5.74) is 0. The fourth-order valence-electron chi connectivity index (χ4n) is 0.551. The van der Waals surface area contributed by atoms with Crippen molar-refractivity contribution >= 4 is 23.7 Å². The number of aldehydes is 1. The lowest BCUT2D eigenvalue weighted by Gasteiger charge is -1.80. The van der Waals surface area contributed by atoms with Crippen molar-refractivity contribution in [2.45, 2.75) is 0 Å². The summed E-state index contributed by atoms with van der Waals surface area (Å²) in [7, 11) is 0. The van der Waals surface area contributed by atoms with Gasteiger partial charge in [-0.2, -0.15) is 0 Å². The first-order valence-corrected chi connectivity index (χ1v) is 3.57. The smallest absolute Gasteiger partial charge is 0.142 e. The molecule has 0 aliphatic heterocycles. The maximum Gasteiger partial charge on any atom is 0.142 e. The van der Waals surface area contributed by atoms with Crippen molar-refractivity contribution < 1.29 is 9.18 Å².